The number of benzene rings is 2. The van der Waals surface area contributed by atoms with Gasteiger partial charge in [0.1, 0.15) is 17.1 Å². The van der Waals surface area contributed by atoms with Crippen LogP contribution in [0.25, 0.3) is 0 Å². The van der Waals surface area contributed by atoms with Crippen molar-refractivity contribution < 1.29 is 14.0 Å². The lowest BCUT2D eigenvalue weighted by atomic mass is 9.69. The Morgan fingerprint density at radius 3 is 2.47 bits per heavy atom. The zero-order valence-corrected chi connectivity index (χ0v) is 21.2. The number of hydrogen-bond acceptors (Lipinski definition) is 5. The number of nitrogens with zero attached hydrogens (tertiary/aromatic N) is 3. The van der Waals surface area contributed by atoms with Crippen LogP contribution >= 0.6 is 11.6 Å². The molecule has 1 fully saturated rings. The first-order chi connectivity index (χ1) is 17.1. The molecule has 3 aromatic rings. The maximum Gasteiger partial charge on any atom is 0.266 e. The van der Waals surface area contributed by atoms with Gasteiger partial charge >= 0.3 is 0 Å². The molecule has 2 amide bonds. The first-order valence-corrected chi connectivity index (χ1v) is 11.9. The molecule has 36 heavy (non-hydrogen) atoms. The highest BCUT2D eigenvalue weighted by Gasteiger charge is 2.52. The average molecular weight is 512 g/mol. The number of carbonyl (C=O) groups excluding carboxylic acids is 2. The Bertz CT molecular complexity index is 1400. The lowest BCUT2D eigenvalue weighted by molar-refractivity contribution is -0.122. The molecular weight excluding hydrogens is 485 g/mol. The van der Waals surface area contributed by atoms with Crippen molar-refractivity contribution in [3.05, 3.63) is 86.4 Å². The first kappa shape index (κ1) is 25.4. The number of aromatic nitrogens is 2. The van der Waals surface area contributed by atoms with Gasteiger partial charge in [-0.1, -0.05) is 49.7 Å². The van der Waals surface area contributed by atoms with Crippen molar-refractivity contribution in [2.75, 3.05) is 30.4 Å². The van der Waals surface area contributed by atoms with Crippen LogP contribution in [0.3, 0.4) is 0 Å². The summed E-state index contributed by atoms with van der Waals surface area (Å²) >= 11 is 5.91. The van der Waals surface area contributed by atoms with Gasteiger partial charge in [-0.2, -0.15) is 5.10 Å². The Balaban J connectivity index is 1.76. The van der Waals surface area contributed by atoms with Crippen molar-refractivity contribution in [3.8, 4) is 0 Å². The van der Waals surface area contributed by atoms with E-state index in [1.165, 1.54) is 23.9 Å². The molecule has 8 nitrogen and oxygen atoms in total. The number of carbonyl (C=O) groups is 2. The zero-order valence-electron chi connectivity index (χ0n) is 20.4. The number of rotatable bonds is 6. The number of anilines is 2. The predicted octanol–water partition coefficient (Wildman–Crippen LogP) is 3.45. The Morgan fingerprint density at radius 2 is 1.83 bits per heavy atom. The molecule has 0 radical (unpaired) electrons. The van der Waals surface area contributed by atoms with E-state index < -0.39 is 17.1 Å². The molecule has 1 saturated heterocycles. The molecule has 2 heterocycles. The van der Waals surface area contributed by atoms with Gasteiger partial charge in [-0.15, -0.1) is 0 Å². The van der Waals surface area contributed by atoms with Gasteiger partial charge in [-0.05, 0) is 35.2 Å². The molecule has 1 aliphatic rings. The Morgan fingerprint density at radius 1 is 1.14 bits per heavy atom. The maximum absolute atomic E-state index is 14.4. The molecule has 1 aliphatic heterocycles. The molecule has 0 bridgehead atoms. The van der Waals surface area contributed by atoms with Crippen LogP contribution in [0.2, 0.25) is 5.02 Å². The van der Waals surface area contributed by atoms with Gasteiger partial charge in [-0.3, -0.25) is 14.4 Å². The van der Waals surface area contributed by atoms with Gasteiger partial charge in [0.25, 0.3) is 11.5 Å². The topological polar surface area (TPSA) is 96.3 Å². The summed E-state index contributed by atoms with van der Waals surface area (Å²) in [5.74, 6) is -0.936. The van der Waals surface area contributed by atoms with Crippen molar-refractivity contribution >= 4 is 34.9 Å². The summed E-state index contributed by atoms with van der Waals surface area (Å²) in [6.45, 7) is 4.65. The smallest absolute Gasteiger partial charge is 0.266 e. The zero-order chi connectivity index (χ0) is 26.2. The molecule has 0 aliphatic carbocycles. The molecule has 0 spiro atoms. The van der Waals surface area contributed by atoms with Gasteiger partial charge in [0.15, 0.2) is 0 Å². The molecule has 0 atom stereocenters. The summed E-state index contributed by atoms with van der Waals surface area (Å²) in [5, 5.41) is 9.37. The maximum atomic E-state index is 14.4. The van der Waals surface area contributed by atoms with Crippen molar-refractivity contribution in [1.29, 1.82) is 0 Å². The minimum atomic E-state index is -1.01. The predicted molar refractivity (Wildman–Crippen MR) is 137 cm³/mol. The molecule has 10 heteroatoms. The minimum Gasteiger partial charge on any atom is -0.355 e. The fraction of sp³-hybridized carbons (Fsp3) is 0.308. The number of nitrogens with one attached hydrogen (secondary N) is 2. The third kappa shape index (κ3) is 4.46. The van der Waals surface area contributed by atoms with Gasteiger partial charge in [0, 0.05) is 33.3 Å². The minimum absolute atomic E-state index is 0.0290. The number of hydrogen-bond donors (Lipinski definition) is 2. The van der Waals surface area contributed by atoms with Crippen LogP contribution < -0.4 is 21.1 Å². The Labute approximate surface area is 213 Å². The molecule has 2 N–H and O–H groups in total. The van der Waals surface area contributed by atoms with Crippen LogP contribution in [-0.4, -0.2) is 41.7 Å². The summed E-state index contributed by atoms with van der Waals surface area (Å²) in [7, 11) is 3.00. The monoisotopic (exact) mass is 511 g/mol. The van der Waals surface area contributed by atoms with Crippen molar-refractivity contribution in [2.45, 2.75) is 25.2 Å². The first-order valence-electron chi connectivity index (χ1n) is 11.5. The van der Waals surface area contributed by atoms with Crippen molar-refractivity contribution in [3.63, 3.8) is 0 Å². The van der Waals surface area contributed by atoms with Gasteiger partial charge in [0.2, 0.25) is 5.91 Å². The number of amides is 2. The third-order valence-corrected chi connectivity index (χ3v) is 6.79. The van der Waals surface area contributed by atoms with Gasteiger partial charge in [-0.25, -0.2) is 9.07 Å². The van der Waals surface area contributed by atoms with E-state index in [4.69, 9.17) is 11.6 Å². The second-order valence-electron chi connectivity index (χ2n) is 9.18. The summed E-state index contributed by atoms with van der Waals surface area (Å²) in [4.78, 5) is 40.1. The lowest BCUT2D eigenvalue weighted by Gasteiger charge is -2.50. The standard InChI is InChI=1S/C26H27ClFN5O3/c1-15(2)16-7-5-6-8-18(16)26(13-33(14-26)22-9-10-23(34)32(4)31-22)25(36)30-21-12-20(28)19(27)11-17(21)24(35)29-3/h5-12,15H,13-14H2,1-4H3,(H,29,35)(H,30,36). The fourth-order valence-electron chi connectivity index (χ4n) is 4.51. The molecule has 0 unspecified atom stereocenters. The van der Waals surface area contributed by atoms with Gasteiger partial charge < -0.3 is 15.5 Å². The summed E-state index contributed by atoms with van der Waals surface area (Å²) in [6.07, 6.45) is 0. The highest BCUT2D eigenvalue weighted by Crippen LogP contribution is 2.41. The van der Waals surface area contributed by atoms with Gasteiger partial charge in [0.05, 0.1) is 16.3 Å². The number of aryl methyl sites for hydroxylation is 1. The van der Waals surface area contributed by atoms with Crippen LogP contribution in [0.1, 0.15) is 41.3 Å². The van der Waals surface area contributed by atoms with E-state index in [1.807, 2.05) is 43.0 Å². The quantitative estimate of drug-likeness (QED) is 0.528. The van der Waals surface area contributed by atoms with E-state index in [0.29, 0.717) is 5.82 Å². The molecular formula is C26H27ClFN5O3. The SMILES string of the molecule is CNC(=O)c1cc(Cl)c(F)cc1NC(=O)C1(c2ccccc2C(C)C)CN(c2ccc(=O)n(C)n2)C1. The van der Waals surface area contributed by atoms with Crippen molar-refractivity contribution in [2.24, 2.45) is 7.05 Å². The molecule has 1 aromatic heterocycles. The average Bonchev–Trinajstić information content (AvgIpc) is 2.82. The van der Waals surface area contributed by atoms with Crippen LogP contribution in [0.15, 0.2) is 53.3 Å². The Hall–Kier alpha value is -3.72. The molecule has 0 saturated carbocycles. The van der Waals surface area contributed by atoms with E-state index in [0.717, 1.165) is 17.2 Å². The van der Waals surface area contributed by atoms with E-state index in [9.17, 15) is 18.8 Å². The van der Waals surface area contributed by atoms with E-state index in [-0.39, 0.29) is 46.7 Å². The van der Waals surface area contributed by atoms with Crippen LogP contribution in [0, 0.1) is 5.82 Å². The third-order valence-electron chi connectivity index (χ3n) is 6.51. The highest BCUT2D eigenvalue weighted by atomic mass is 35.5. The summed E-state index contributed by atoms with van der Waals surface area (Å²) < 4.78 is 15.6. The second kappa shape index (κ2) is 9.73. The van der Waals surface area contributed by atoms with Crippen LogP contribution in [0.4, 0.5) is 15.9 Å². The summed E-state index contributed by atoms with van der Waals surface area (Å²) in [5.41, 5.74) is 0.693. The summed E-state index contributed by atoms with van der Waals surface area (Å²) in [6, 6.07) is 13.0. The highest BCUT2D eigenvalue weighted by molar-refractivity contribution is 6.31. The number of halogens is 2. The largest absolute Gasteiger partial charge is 0.355 e. The molecule has 2 aromatic carbocycles. The van der Waals surface area contributed by atoms with Crippen LogP contribution in [0.5, 0.6) is 0 Å². The van der Waals surface area contributed by atoms with E-state index in [1.54, 1.807) is 13.1 Å². The van der Waals surface area contributed by atoms with Crippen molar-refractivity contribution in [1.82, 2.24) is 15.1 Å². The normalized spacial score (nSPS) is 14.4. The second-order valence-corrected chi connectivity index (χ2v) is 9.59. The molecule has 188 valence electrons. The van der Waals surface area contributed by atoms with E-state index >= 15 is 0 Å². The van der Waals surface area contributed by atoms with Crippen LogP contribution in [-0.2, 0) is 17.3 Å². The fourth-order valence-corrected chi connectivity index (χ4v) is 4.68. The Kier molecular flexibility index (Phi) is 6.86. The molecule has 4 rings (SSSR count). The lowest BCUT2D eigenvalue weighted by Crippen LogP contribution is -2.66. The van der Waals surface area contributed by atoms with E-state index in [2.05, 4.69) is 15.7 Å².